The number of para-hydroxylation sites is 4. The minimum atomic E-state index is 1.08. The van der Waals surface area contributed by atoms with E-state index in [2.05, 4.69) is 59.6 Å². The van der Waals surface area contributed by atoms with Crippen LogP contribution in [0.15, 0.2) is 58.8 Å². The van der Waals surface area contributed by atoms with Gasteiger partial charge in [0.15, 0.2) is 10.3 Å². The molecule has 140 valence electrons. The van der Waals surface area contributed by atoms with Crippen LogP contribution in [0.4, 0.5) is 0 Å². The molecule has 0 aliphatic rings. The second-order valence-corrected chi connectivity index (χ2v) is 8.77. The van der Waals surface area contributed by atoms with Crippen molar-refractivity contribution in [3.63, 3.8) is 0 Å². The Kier molecular flexibility index (Phi) is 5.74. The standard InChI is InChI=1S/C21H24N4S2/c1-24-18-12-6-4-10-16(18)22-20(24)26-14-8-3-9-15-27-21-23-17-11-5-7-13-19(17)25(21)2/h4-7,10-13H,3,8-9,14-15H2,1-2H3. The Morgan fingerprint density at radius 3 is 1.56 bits per heavy atom. The van der Waals surface area contributed by atoms with Crippen LogP contribution in [0.5, 0.6) is 0 Å². The van der Waals surface area contributed by atoms with Gasteiger partial charge in [-0.1, -0.05) is 54.2 Å². The van der Waals surface area contributed by atoms with Gasteiger partial charge in [-0.15, -0.1) is 0 Å². The van der Waals surface area contributed by atoms with E-state index in [-0.39, 0.29) is 0 Å². The molecule has 0 saturated carbocycles. The maximum atomic E-state index is 4.73. The summed E-state index contributed by atoms with van der Waals surface area (Å²) >= 11 is 3.72. The molecule has 0 radical (unpaired) electrons. The third-order valence-electron chi connectivity index (χ3n) is 4.74. The lowest BCUT2D eigenvalue weighted by Gasteiger charge is -2.04. The van der Waals surface area contributed by atoms with Gasteiger partial charge in [-0.05, 0) is 37.1 Å². The molecule has 6 heteroatoms. The smallest absolute Gasteiger partial charge is 0.168 e. The van der Waals surface area contributed by atoms with Crippen LogP contribution in [-0.4, -0.2) is 30.6 Å². The van der Waals surface area contributed by atoms with Crippen LogP contribution in [0.25, 0.3) is 22.1 Å². The maximum Gasteiger partial charge on any atom is 0.168 e. The quantitative estimate of drug-likeness (QED) is 0.290. The maximum absolute atomic E-state index is 4.73. The molecular formula is C21H24N4S2. The third kappa shape index (κ3) is 4.01. The van der Waals surface area contributed by atoms with Gasteiger partial charge in [0.25, 0.3) is 0 Å². The fraction of sp³-hybridized carbons (Fsp3) is 0.333. The van der Waals surface area contributed by atoms with Crippen LogP contribution in [0.1, 0.15) is 19.3 Å². The van der Waals surface area contributed by atoms with E-state index >= 15 is 0 Å². The zero-order valence-electron chi connectivity index (χ0n) is 15.8. The number of benzene rings is 2. The van der Waals surface area contributed by atoms with Crippen molar-refractivity contribution in [1.29, 1.82) is 0 Å². The van der Waals surface area contributed by atoms with E-state index in [1.165, 1.54) is 30.3 Å². The molecule has 0 saturated heterocycles. The molecule has 27 heavy (non-hydrogen) atoms. The van der Waals surface area contributed by atoms with Crippen LogP contribution in [0.2, 0.25) is 0 Å². The highest BCUT2D eigenvalue weighted by Gasteiger charge is 2.08. The molecule has 0 fully saturated rings. The van der Waals surface area contributed by atoms with Gasteiger partial charge in [-0.25, -0.2) is 9.97 Å². The van der Waals surface area contributed by atoms with Gasteiger partial charge >= 0.3 is 0 Å². The van der Waals surface area contributed by atoms with Crippen molar-refractivity contribution in [1.82, 2.24) is 19.1 Å². The Labute approximate surface area is 168 Å². The number of thioether (sulfide) groups is 2. The fourth-order valence-corrected chi connectivity index (χ4v) is 5.18. The molecule has 4 rings (SSSR count). The number of hydrogen-bond donors (Lipinski definition) is 0. The number of unbranched alkanes of at least 4 members (excludes halogenated alkanes) is 2. The monoisotopic (exact) mass is 396 g/mol. The number of aryl methyl sites for hydroxylation is 2. The van der Waals surface area contributed by atoms with Crippen molar-refractivity contribution in [2.75, 3.05) is 11.5 Å². The van der Waals surface area contributed by atoms with Crippen molar-refractivity contribution in [3.8, 4) is 0 Å². The summed E-state index contributed by atoms with van der Waals surface area (Å²) in [5.74, 6) is 2.24. The molecule has 0 amide bonds. The molecule has 0 N–H and O–H groups in total. The van der Waals surface area contributed by atoms with Gasteiger partial charge in [-0.3, -0.25) is 0 Å². The van der Waals surface area contributed by atoms with Crippen molar-refractivity contribution in [2.24, 2.45) is 14.1 Å². The van der Waals surface area contributed by atoms with Gasteiger partial charge in [-0.2, -0.15) is 0 Å². The minimum Gasteiger partial charge on any atom is -0.322 e. The summed E-state index contributed by atoms with van der Waals surface area (Å²) in [6.07, 6.45) is 3.68. The number of nitrogens with zero attached hydrogens (tertiary/aromatic N) is 4. The van der Waals surface area contributed by atoms with E-state index in [9.17, 15) is 0 Å². The average molecular weight is 397 g/mol. The first-order valence-corrected chi connectivity index (χ1v) is 11.3. The number of fused-ring (bicyclic) bond motifs is 2. The third-order valence-corrected chi connectivity index (χ3v) is 6.98. The number of aromatic nitrogens is 4. The Hall–Kier alpha value is -1.92. The molecule has 4 aromatic rings. The van der Waals surface area contributed by atoms with Gasteiger partial charge in [0, 0.05) is 25.6 Å². The largest absolute Gasteiger partial charge is 0.322 e. The van der Waals surface area contributed by atoms with Crippen molar-refractivity contribution >= 4 is 45.6 Å². The van der Waals surface area contributed by atoms with Gasteiger partial charge < -0.3 is 9.13 Å². The second-order valence-electron chi connectivity index (χ2n) is 6.64. The van der Waals surface area contributed by atoms with E-state index in [0.29, 0.717) is 0 Å². The first-order chi connectivity index (χ1) is 13.2. The number of hydrogen-bond acceptors (Lipinski definition) is 4. The Morgan fingerprint density at radius 1 is 0.667 bits per heavy atom. The molecule has 0 atom stereocenters. The number of rotatable bonds is 8. The molecule has 4 nitrogen and oxygen atoms in total. The van der Waals surface area contributed by atoms with E-state index in [4.69, 9.17) is 9.97 Å². The minimum absolute atomic E-state index is 1.08. The first-order valence-electron chi connectivity index (χ1n) is 9.32. The van der Waals surface area contributed by atoms with Crippen LogP contribution in [0.3, 0.4) is 0 Å². The SMILES string of the molecule is Cn1c(SCCCCCSc2nc3ccccc3n2C)nc2ccccc21. The highest BCUT2D eigenvalue weighted by Crippen LogP contribution is 2.25. The van der Waals surface area contributed by atoms with Crippen LogP contribution in [-0.2, 0) is 14.1 Å². The van der Waals surface area contributed by atoms with Crippen LogP contribution in [0, 0.1) is 0 Å². The molecule has 0 bridgehead atoms. The summed E-state index contributed by atoms with van der Waals surface area (Å²) in [6, 6.07) is 16.7. The average Bonchev–Trinajstić information content (AvgIpc) is 3.19. The topological polar surface area (TPSA) is 35.6 Å². The lowest BCUT2D eigenvalue weighted by atomic mass is 10.3. The normalized spacial score (nSPS) is 11.6. The summed E-state index contributed by atoms with van der Waals surface area (Å²) in [4.78, 5) is 9.45. The zero-order valence-corrected chi connectivity index (χ0v) is 17.4. The lowest BCUT2D eigenvalue weighted by molar-refractivity contribution is 0.771. The Balaban J connectivity index is 1.20. The molecule has 0 aliphatic carbocycles. The highest BCUT2D eigenvalue weighted by molar-refractivity contribution is 7.99. The van der Waals surface area contributed by atoms with E-state index in [1.807, 2.05) is 35.7 Å². The molecule has 2 heterocycles. The molecule has 2 aromatic carbocycles. The molecule has 0 spiro atoms. The summed E-state index contributed by atoms with van der Waals surface area (Å²) in [5.41, 5.74) is 4.58. The lowest BCUT2D eigenvalue weighted by Crippen LogP contribution is -1.93. The van der Waals surface area contributed by atoms with Crippen molar-refractivity contribution in [3.05, 3.63) is 48.5 Å². The molecule has 0 unspecified atom stereocenters. The first kappa shape index (κ1) is 18.4. The molecular weight excluding hydrogens is 372 g/mol. The Bertz CT molecular complexity index is 967. The fourth-order valence-electron chi connectivity index (χ4n) is 3.21. The van der Waals surface area contributed by atoms with Gasteiger partial charge in [0.05, 0.1) is 22.1 Å². The summed E-state index contributed by atoms with van der Waals surface area (Å²) in [5, 5.41) is 2.23. The Morgan fingerprint density at radius 2 is 1.11 bits per heavy atom. The predicted octanol–water partition coefficient (Wildman–Crippen LogP) is 5.51. The van der Waals surface area contributed by atoms with Gasteiger partial charge in [0.2, 0.25) is 0 Å². The zero-order chi connectivity index (χ0) is 18.6. The second kappa shape index (κ2) is 8.40. The summed E-state index contributed by atoms with van der Waals surface area (Å²) in [7, 11) is 4.20. The van der Waals surface area contributed by atoms with Crippen LogP contribution < -0.4 is 0 Å². The van der Waals surface area contributed by atoms with E-state index in [0.717, 1.165) is 32.9 Å². The van der Waals surface area contributed by atoms with Gasteiger partial charge in [0.1, 0.15) is 0 Å². The van der Waals surface area contributed by atoms with Crippen LogP contribution >= 0.6 is 23.5 Å². The summed E-state index contributed by atoms with van der Waals surface area (Å²) in [6.45, 7) is 0. The predicted molar refractivity (Wildman–Crippen MR) is 117 cm³/mol. The number of imidazole rings is 2. The summed E-state index contributed by atoms with van der Waals surface area (Å²) < 4.78 is 4.39. The van der Waals surface area contributed by atoms with Crippen molar-refractivity contribution < 1.29 is 0 Å². The van der Waals surface area contributed by atoms with E-state index < -0.39 is 0 Å². The van der Waals surface area contributed by atoms with Crippen molar-refractivity contribution in [2.45, 2.75) is 29.6 Å². The molecule has 2 aromatic heterocycles. The highest BCUT2D eigenvalue weighted by atomic mass is 32.2. The van der Waals surface area contributed by atoms with E-state index in [1.54, 1.807) is 0 Å². The molecule has 0 aliphatic heterocycles.